The fourth-order valence-electron chi connectivity index (χ4n) is 2.37. The number of esters is 1. The van der Waals surface area contributed by atoms with Gasteiger partial charge in [0.15, 0.2) is 11.5 Å². The number of rotatable bonds is 4. The SMILES string of the molecule is COc1cc(C2CC(O)C(C)C(=O)O2)cc(OC)c1OC. The second-order valence-electron chi connectivity index (χ2n) is 4.98. The van der Waals surface area contributed by atoms with Crippen molar-refractivity contribution in [3.63, 3.8) is 0 Å². The van der Waals surface area contributed by atoms with Gasteiger partial charge in [-0.1, -0.05) is 0 Å². The zero-order valence-electron chi connectivity index (χ0n) is 12.6. The van der Waals surface area contributed by atoms with Crippen molar-refractivity contribution in [2.75, 3.05) is 21.3 Å². The molecule has 2 rings (SSSR count). The van der Waals surface area contributed by atoms with Crippen LogP contribution in [0.25, 0.3) is 0 Å². The number of benzene rings is 1. The van der Waals surface area contributed by atoms with E-state index in [4.69, 9.17) is 18.9 Å². The summed E-state index contributed by atoms with van der Waals surface area (Å²) >= 11 is 0. The molecule has 1 saturated heterocycles. The standard InChI is InChI=1S/C15H20O6/c1-8-10(16)7-11(21-15(8)17)9-5-12(18-2)14(20-4)13(6-9)19-3/h5-6,8,10-11,16H,7H2,1-4H3. The minimum atomic E-state index is -0.727. The number of carbonyl (C=O) groups excluding carboxylic acids is 1. The molecule has 1 aromatic rings. The molecule has 1 fully saturated rings. The maximum atomic E-state index is 11.8. The van der Waals surface area contributed by atoms with Crippen molar-refractivity contribution in [1.82, 2.24) is 0 Å². The maximum Gasteiger partial charge on any atom is 0.311 e. The third kappa shape index (κ3) is 2.90. The largest absolute Gasteiger partial charge is 0.493 e. The second-order valence-corrected chi connectivity index (χ2v) is 4.98. The van der Waals surface area contributed by atoms with E-state index in [1.165, 1.54) is 21.3 Å². The highest BCUT2D eigenvalue weighted by Crippen LogP contribution is 2.42. The van der Waals surface area contributed by atoms with E-state index in [2.05, 4.69) is 0 Å². The van der Waals surface area contributed by atoms with Gasteiger partial charge in [0.25, 0.3) is 0 Å². The first-order valence-electron chi connectivity index (χ1n) is 6.70. The second kappa shape index (κ2) is 6.22. The minimum Gasteiger partial charge on any atom is -0.493 e. The van der Waals surface area contributed by atoms with Gasteiger partial charge in [-0.15, -0.1) is 0 Å². The Hall–Kier alpha value is -1.95. The van der Waals surface area contributed by atoms with Crippen molar-refractivity contribution < 1.29 is 28.8 Å². The Morgan fingerprint density at radius 2 is 1.71 bits per heavy atom. The predicted molar refractivity (Wildman–Crippen MR) is 74.7 cm³/mol. The fourth-order valence-corrected chi connectivity index (χ4v) is 2.37. The first kappa shape index (κ1) is 15.4. The number of aliphatic hydroxyl groups is 1. The summed E-state index contributed by atoms with van der Waals surface area (Å²) in [4.78, 5) is 11.8. The van der Waals surface area contributed by atoms with Crippen LogP contribution in [-0.2, 0) is 9.53 Å². The van der Waals surface area contributed by atoms with Crippen LogP contribution in [-0.4, -0.2) is 38.5 Å². The van der Waals surface area contributed by atoms with Crippen LogP contribution in [0.3, 0.4) is 0 Å². The zero-order chi connectivity index (χ0) is 15.6. The highest BCUT2D eigenvalue weighted by atomic mass is 16.6. The molecule has 116 valence electrons. The molecule has 0 radical (unpaired) electrons. The van der Waals surface area contributed by atoms with E-state index in [-0.39, 0.29) is 0 Å². The molecule has 1 heterocycles. The van der Waals surface area contributed by atoms with Gasteiger partial charge >= 0.3 is 5.97 Å². The Kier molecular flexibility index (Phi) is 4.57. The van der Waals surface area contributed by atoms with Crippen molar-refractivity contribution in [3.05, 3.63) is 17.7 Å². The summed E-state index contributed by atoms with van der Waals surface area (Å²) in [6.45, 7) is 1.65. The molecule has 1 aliphatic rings. The van der Waals surface area contributed by atoms with Crippen LogP contribution in [0.5, 0.6) is 17.2 Å². The summed E-state index contributed by atoms with van der Waals surface area (Å²) in [5.74, 6) is 0.516. The highest BCUT2D eigenvalue weighted by Gasteiger charge is 2.35. The highest BCUT2D eigenvalue weighted by molar-refractivity contribution is 5.74. The van der Waals surface area contributed by atoms with Crippen molar-refractivity contribution in [2.24, 2.45) is 5.92 Å². The van der Waals surface area contributed by atoms with Crippen molar-refractivity contribution >= 4 is 5.97 Å². The van der Waals surface area contributed by atoms with Gasteiger partial charge in [-0.05, 0) is 19.1 Å². The summed E-state index contributed by atoms with van der Waals surface area (Å²) in [5.41, 5.74) is 0.698. The third-order valence-electron chi connectivity index (χ3n) is 3.72. The maximum absolute atomic E-state index is 11.8. The molecular formula is C15H20O6. The monoisotopic (exact) mass is 296 g/mol. The molecule has 0 aromatic heterocycles. The Morgan fingerprint density at radius 3 is 2.14 bits per heavy atom. The van der Waals surface area contributed by atoms with Crippen LogP contribution in [0.15, 0.2) is 12.1 Å². The summed E-state index contributed by atoms with van der Waals surface area (Å²) in [7, 11) is 4.56. The Morgan fingerprint density at radius 1 is 1.14 bits per heavy atom. The number of methoxy groups -OCH3 is 3. The van der Waals surface area contributed by atoms with E-state index >= 15 is 0 Å². The number of hydrogen-bond acceptors (Lipinski definition) is 6. The Balaban J connectivity index is 2.38. The van der Waals surface area contributed by atoms with Crippen molar-refractivity contribution in [1.29, 1.82) is 0 Å². The first-order chi connectivity index (χ1) is 10.0. The van der Waals surface area contributed by atoms with E-state index in [1.54, 1.807) is 19.1 Å². The van der Waals surface area contributed by atoms with Gasteiger partial charge in [0, 0.05) is 12.0 Å². The van der Waals surface area contributed by atoms with Gasteiger partial charge in [-0.25, -0.2) is 0 Å². The average molecular weight is 296 g/mol. The Labute approximate surface area is 123 Å². The molecule has 6 nitrogen and oxygen atoms in total. The number of hydrogen-bond donors (Lipinski definition) is 1. The van der Waals surface area contributed by atoms with Gasteiger partial charge < -0.3 is 24.1 Å². The predicted octanol–water partition coefficient (Wildman–Crippen LogP) is 1.70. The van der Waals surface area contributed by atoms with Gasteiger partial charge in [0.05, 0.1) is 33.4 Å². The molecule has 1 aromatic carbocycles. The molecule has 3 unspecified atom stereocenters. The lowest BCUT2D eigenvalue weighted by Gasteiger charge is -2.31. The summed E-state index contributed by atoms with van der Waals surface area (Å²) < 4.78 is 21.2. The zero-order valence-corrected chi connectivity index (χ0v) is 12.6. The first-order valence-corrected chi connectivity index (χ1v) is 6.70. The van der Waals surface area contributed by atoms with Crippen LogP contribution >= 0.6 is 0 Å². The van der Waals surface area contributed by atoms with E-state index in [0.29, 0.717) is 29.2 Å². The Bertz CT molecular complexity index is 502. The molecule has 0 bridgehead atoms. The molecule has 1 aliphatic heterocycles. The van der Waals surface area contributed by atoms with Gasteiger partial charge in [-0.2, -0.15) is 0 Å². The molecule has 0 spiro atoms. The lowest BCUT2D eigenvalue weighted by atomic mass is 9.92. The molecule has 6 heteroatoms. The molecule has 1 N–H and O–H groups in total. The average Bonchev–Trinajstić information content (AvgIpc) is 2.50. The van der Waals surface area contributed by atoms with Gasteiger partial charge in [0.2, 0.25) is 5.75 Å². The van der Waals surface area contributed by atoms with Crippen LogP contribution in [0.2, 0.25) is 0 Å². The lowest BCUT2D eigenvalue weighted by Crippen LogP contribution is -2.36. The van der Waals surface area contributed by atoms with Crippen LogP contribution in [0.4, 0.5) is 0 Å². The molecule has 0 saturated carbocycles. The summed E-state index contributed by atoms with van der Waals surface area (Å²) in [6, 6.07) is 3.45. The van der Waals surface area contributed by atoms with Crippen LogP contribution in [0, 0.1) is 5.92 Å². The van der Waals surface area contributed by atoms with Crippen LogP contribution in [0.1, 0.15) is 25.0 Å². The summed E-state index contributed by atoms with van der Waals surface area (Å²) in [5, 5.41) is 9.95. The summed E-state index contributed by atoms with van der Waals surface area (Å²) in [6.07, 6.45) is -0.918. The topological polar surface area (TPSA) is 74.2 Å². The van der Waals surface area contributed by atoms with E-state index in [1.807, 2.05) is 0 Å². The molecular weight excluding hydrogens is 276 g/mol. The number of cyclic esters (lactones) is 1. The number of ether oxygens (including phenoxy) is 4. The van der Waals surface area contributed by atoms with Crippen LogP contribution < -0.4 is 14.2 Å². The fraction of sp³-hybridized carbons (Fsp3) is 0.533. The lowest BCUT2D eigenvalue weighted by molar-refractivity contribution is -0.169. The van der Waals surface area contributed by atoms with Crippen molar-refractivity contribution in [2.45, 2.75) is 25.6 Å². The smallest absolute Gasteiger partial charge is 0.311 e. The quantitative estimate of drug-likeness (QED) is 0.852. The van der Waals surface area contributed by atoms with E-state index in [9.17, 15) is 9.90 Å². The third-order valence-corrected chi connectivity index (χ3v) is 3.72. The van der Waals surface area contributed by atoms with E-state index in [0.717, 1.165) is 0 Å². The molecule has 0 aliphatic carbocycles. The van der Waals surface area contributed by atoms with Crippen molar-refractivity contribution in [3.8, 4) is 17.2 Å². The van der Waals surface area contributed by atoms with Gasteiger partial charge in [-0.3, -0.25) is 4.79 Å². The molecule has 3 atom stereocenters. The molecule has 21 heavy (non-hydrogen) atoms. The van der Waals surface area contributed by atoms with E-state index < -0.39 is 24.1 Å². The number of aliphatic hydroxyl groups excluding tert-OH is 1. The number of carbonyl (C=O) groups is 1. The normalized spacial score (nSPS) is 25.2. The van der Waals surface area contributed by atoms with Gasteiger partial charge in [0.1, 0.15) is 6.10 Å². The minimum absolute atomic E-state index is 0.339. The molecule has 0 amide bonds.